The lowest BCUT2D eigenvalue weighted by Crippen LogP contribution is -2.44. The number of nitrogens with zero attached hydrogens (tertiary/aromatic N) is 2. The fourth-order valence-corrected chi connectivity index (χ4v) is 4.53. The number of hydrogen-bond acceptors (Lipinski definition) is 2. The van der Waals surface area contributed by atoms with Crippen molar-refractivity contribution in [2.45, 2.75) is 45.6 Å². The third kappa shape index (κ3) is 6.13. The molecule has 2 aromatic carbocycles. The minimum absolute atomic E-state index is 0.0454. The number of hydrogen-bond donors (Lipinski definition) is 1. The predicted octanol–water partition coefficient (Wildman–Crippen LogP) is 6.08. The molecule has 1 aromatic heterocycles. The molecular weight excluding hydrogens is 469 g/mol. The summed E-state index contributed by atoms with van der Waals surface area (Å²) < 4.78 is 0. The van der Waals surface area contributed by atoms with Crippen molar-refractivity contribution in [3.05, 3.63) is 69.8 Å². The van der Waals surface area contributed by atoms with Gasteiger partial charge in [0, 0.05) is 42.7 Å². The third-order valence-electron chi connectivity index (χ3n) is 6.38. The summed E-state index contributed by atoms with van der Waals surface area (Å²) in [5, 5.41) is 2.12. The van der Waals surface area contributed by atoms with E-state index < -0.39 is 0 Å². The maximum absolute atomic E-state index is 13.5. The Labute approximate surface area is 211 Å². The lowest BCUT2D eigenvalue weighted by atomic mass is 10.1. The van der Waals surface area contributed by atoms with E-state index in [-0.39, 0.29) is 24.3 Å². The van der Waals surface area contributed by atoms with Crippen LogP contribution in [-0.4, -0.2) is 46.2 Å². The molecule has 180 valence electrons. The average molecular weight is 500 g/mol. The summed E-state index contributed by atoms with van der Waals surface area (Å²) in [6, 6.07) is 13.6. The van der Waals surface area contributed by atoms with E-state index in [9.17, 15) is 9.59 Å². The molecular formula is C27H31Cl2N3O2. The van der Waals surface area contributed by atoms with Gasteiger partial charge in [-0.2, -0.15) is 0 Å². The van der Waals surface area contributed by atoms with Crippen LogP contribution in [0.25, 0.3) is 10.9 Å². The summed E-state index contributed by atoms with van der Waals surface area (Å²) in [6.45, 7) is 3.79. The molecule has 0 saturated heterocycles. The van der Waals surface area contributed by atoms with E-state index in [1.165, 1.54) is 5.56 Å². The molecule has 0 bridgehead atoms. The Balaban J connectivity index is 1.51. The first kappa shape index (κ1) is 24.6. The average Bonchev–Trinajstić information content (AvgIpc) is 3.61. The fourth-order valence-electron chi connectivity index (χ4n) is 4.21. The fraction of sp³-hybridized carbons (Fsp3) is 0.407. The van der Waals surface area contributed by atoms with Gasteiger partial charge in [0.25, 0.3) is 0 Å². The highest BCUT2D eigenvalue weighted by Gasteiger charge is 2.34. The van der Waals surface area contributed by atoms with Crippen LogP contribution in [0.2, 0.25) is 10.0 Å². The largest absolute Gasteiger partial charge is 0.361 e. The molecule has 1 aliphatic carbocycles. The number of carbonyl (C=O) groups is 2. The molecule has 4 rings (SSSR count). The van der Waals surface area contributed by atoms with E-state index in [4.69, 9.17) is 23.2 Å². The summed E-state index contributed by atoms with van der Waals surface area (Å²) in [4.78, 5) is 33.2. The topological polar surface area (TPSA) is 56.4 Å². The third-order valence-corrected chi connectivity index (χ3v) is 7.12. The van der Waals surface area contributed by atoms with E-state index in [1.54, 1.807) is 17.0 Å². The standard InChI is InChI=1S/C27H31Cl2N3O2/c1-2-3-13-32(27(34)20-9-10-20)18-26(33)31(17-19-8-11-23(28)24(29)15-19)14-12-21-16-30-25-7-5-4-6-22(21)25/h4-8,11,15-16,20,30H,2-3,9-10,12-14,17-18H2,1H3. The van der Waals surface area contributed by atoms with E-state index >= 15 is 0 Å². The van der Waals surface area contributed by atoms with Crippen molar-refractivity contribution < 1.29 is 9.59 Å². The Kier molecular flexibility index (Phi) is 8.17. The van der Waals surface area contributed by atoms with Crippen LogP contribution in [0, 0.1) is 5.92 Å². The molecule has 0 atom stereocenters. The van der Waals surface area contributed by atoms with Gasteiger partial charge in [0.15, 0.2) is 0 Å². The molecule has 1 fully saturated rings. The van der Waals surface area contributed by atoms with Crippen molar-refractivity contribution in [1.82, 2.24) is 14.8 Å². The number of benzene rings is 2. The second kappa shape index (κ2) is 11.3. The first-order valence-electron chi connectivity index (χ1n) is 12.0. The molecule has 3 aromatic rings. The van der Waals surface area contributed by atoms with Crippen LogP contribution in [0.1, 0.15) is 43.7 Å². The lowest BCUT2D eigenvalue weighted by molar-refractivity contribution is -0.141. The first-order chi connectivity index (χ1) is 16.5. The summed E-state index contributed by atoms with van der Waals surface area (Å²) in [5.74, 6) is 0.170. The van der Waals surface area contributed by atoms with Gasteiger partial charge in [-0.15, -0.1) is 0 Å². The maximum atomic E-state index is 13.5. The highest BCUT2D eigenvalue weighted by atomic mass is 35.5. The summed E-state index contributed by atoms with van der Waals surface area (Å²) in [6.07, 6.45) is 6.47. The van der Waals surface area contributed by atoms with Crippen LogP contribution >= 0.6 is 23.2 Å². The highest BCUT2D eigenvalue weighted by molar-refractivity contribution is 6.42. The number of aromatic amines is 1. The van der Waals surface area contributed by atoms with Gasteiger partial charge >= 0.3 is 0 Å². The van der Waals surface area contributed by atoms with Gasteiger partial charge in [-0.05, 0) is 55.0 Å². The number of halogens is 2. The molecule has 0 spiro atoms. The van der Waals surface area contributed by atoms with Crippen molar-refractivity contribution in [2.75, 3.05) is 19.6 Å². The Bertz CT molecular complexity index is 1160. The number of carbonyl (C=O) groups excluding carboxylic acids is 2. The number of rotatable bonds is 11. The van der Waals surface area contributed by atoms with Gasteiger partial charge in [-0.3, -0.25) is 9.59 Å². The smallest absolute Gasteiger partial charge is 0.242 e. The number of aromatic nitrogens is 1. The summed E-state index contributed by atoms with van der Waals surface area (Å²) >= 11 is 12.3. The lowest BCUT2D eigenvalue weighted by Gasteiger charge is -2.28. The molecule has 5 nitrogen and oxygen atoms in total. The van der Waals surface area contributed by atoms with E-state index in [2.05, 4.69) is 18.0 Å². The minimum atomic E-state index is -0.0454. The van der Waals surface area contributed by atoms with Crippen LogP contribution in [0.4, 0.5) is 0 Å². The van der Waals surface area contributed by atoms with Crippen LogP contribution < -0.4 is 0 Å². The zero-order chi connectivity index (χ0) is 24.1. The normalized spacial score (nSPS) is 13.3. The molecule has 1 saturated carbocycles. The monoisotopic (exact) mass is 499 g/mol. The van der Waals surface area contributed by atoms with Gasteiger partial charge in [0.05, 0.1) is 16.6 Å². The number of H-pyrrole nitrogens is 1. The molecule has 0 radical (unpaired) electrons. The molecule has 0 aliphatic heterocycles. The van der Waals surface area contributed by atoms with Crippen molar-refractivity contribution in [3.63, 3.8) is 0 Å². The summed E-state index contributed by atoms with van der Waals surface area (Å²) in [7, 11) is 0. The van der Waals surface area contributed by atoms with Gasteiger partial charge in [-0.25, -0.2) is 0 Å². The number of unbranched alkanes of at least 4 members (excludes halogenated alkanes) is 1. The number of fused-ring (bicyclic) bond motifs is 1. The van der Waals surface area contributed by atoms with Crippen LogP contribution in [0.5, 0.6) is 0 Å². The van der Waals surface area contributed by atoms with E-state index in [0.717, 1.165) is 42.1 Å². The second-order valence-corrected chi connectivity index (χ2v) is 9.88. The quantitative estimate of drug-likeness (QED) is 0.347. The van der Waals surface area contributed by atoms with Gasteiger partial charge in [0.1, 0.15) is 0 Å². The molecule has 1 aliphatic rings. The Hall–Kier alpha value is -2.50. The highest BCUT2D eigenvalue weighted by Crippen LogP contribution is 2.31. The van der Waals surface area contributed by atoms with Crippen LogP contribution in [0.3, 0.4) is 0 Å². The van der Waals surface area contributed by atoms with E-state index in [1.807, 2.05) is 35.4 Å². The van der Waals surface area contributed by atoms with E-state index in [0.29, 0.717) is 36.1 Å². The number of amides is 2. The van der Waals surface area contributed by atoms with Gasteiger partial charge in [0.2, 0.25) is 11.8 Å². The van der Waals surface area contributed by atoms with Gasteiger partial charge < -0.3 is 14.8 Å². The maximum Gasteiger partial charge on any atom is 0.242 e. The zero-order valence-corrected chi connectivity index (χ0v) is 21.0. The number of para-hydroxylation sites is 1. The van der Waals surface area contributed by atoms with Crippen LogP contribution in [0.15, 0.2) is 48.7 Å². The first-order valence-corrected chi connectivity index (χ1v) is 12.8. The minimum Gasteiger partial charge on any atom is -0.361 e. The Morgan fingerprint density at radius 1 is 1.03 bits per heavy atom. The molecule has 7 heteroatoms. The summed E-state index contributed by atoms with van der Waals surface area (Å²) in [5.41, 5.74) is 3.16. The Morgan fingerprint density at radius 2 is 1.82 bits per heavy atom. The van der Waals surface area contributed by atoms with Gasteiger partial charge in [-0.1, -0.05) is 60.8 Å². The Morgan fingerprint density at radius 3 is 2.56 bits per heavy atom. The molecule has 0 unspecified atom stereocenters. The van der Waals surface area contributed by atoms with Crippen molar-refractivity contribution in [2.24, 2.45) is 5.92 Å². The number of nitrogens with one attached hydrogen (secondary N) is 1. The SMILES string of the molecule is CCCCN(CC(=O)N(CCc1c[nH]c2ccccc12)Cc1ccc(Cl)c(Cl)c1)C(=O)C1CC1. The molecule has 34 heavy (non-hydrogen) atoms. The van der Waals surface area contributed by atoms with Crippen LogP contribution in [-0.2, 0) is 22.6 Å². The molecule has 2 amide bonds. The van der Waals surface area contributed by atoms with Crippen molar-refractivity contribution in [3.8, 4) is 0 Å². The molecule has 1 heterocycles. The second-order valence-electron chi connectivity index (χ2n) is 9.06. The predicted molar refractivity (Wildman–Crippen MR) is 138 cm³/mol. The zero-order valence-electron chi connectivity index (χ0n) is 19.5. The van der Waals surface area contributed by atoms with Crippen molar-refractivity contribution in [1.29, 1.82) is 0 Å². The van der Waals surface area contributed by atoms with Crippen molar-refractivity contribution >= 4 is 45.9 Å². The molecule has 1 N–H and O–H groups in total.